The first-order valence-electron chi connectivity index (χ1n) is 6.83. The predicted octanol–water partition coefficient (Wildman–Crippen LogP) is 1.70. The van der Waals surface area contributed by atoms with Crippen LogP contribution in [0, 0.1) is 0 Å². The molecule has 2 aromatic heterocycles. The Morgan fingerprint density at radius 1 is 1.27 bits per heavy atom. The summed E-state index contributed by atoms with van der Waals surface area (Å²) in [4.78, 5) is 4.38. The van der Waals surface area contributed by atoms with E-state index in [-0.39, 0.29) is 0 Å². The van der Waals surface area contributed by atoms with E-state index < -0.39 is 10.8 Å². The maximum atomic E-state index is 11.5. The van der Waals surface area contributed by atoms with E-state index in [4.69, 9.17) is 4.52 Å². The second kappa shape index (κ2) is 6.61. The van der Waals surface area contributed by atoms with Crippen molar-refractivity contribution in [2.24, 2.45) is 0 Å². The van der Waals surface area contributed by atoms with Crippen LogP contribution in [0.25, 0.3) is 11.4 Å². The second-order valence-electron chi connectivity index (χ2n) is 4.74. The third kappa shape index (κ3) is 3.28. The summed E-state index contributed by atoms with van der Waals surface area (Å²) >= 11 is 0. The molecular weight excluding hydrogens is 302 g/mol. The molecule has 1 aromatic carbocycles. The topological polar surface area (TPSA) is 86.7 Å². The molecule has 0 aliphatic rings. The van der Waals surface area contributed by atoms with Crippen molar-refractivity contribution in [3.8, 4) is 11.4 Å². The quantitative estimate of drug-likeness (QED) is 0.687. The van der Waals surface area contributed by atoms with Crippen LogP contribution in [0.3, 0.4) is 0 Å². The average molecular weight is 317 g/mol. The molecular formula is C14H15N5O2S. The van der Waals surface area contributed by atoms with E-state index in [1.54, 1.807) is 17.2 Å². The molecule has 0 radical (unpaired) electrons. The first kappa shape index (κ1) is 14.6. The third-order valence-electron chi connectivity index (χ3n) is 3.13. The summed E-state index contributed by atoms with van der Waals surface area (Å²) in [6.45, 7) is 0.658. The van der Waals surface area contributed by atoms with Crippen LogP contribution in [0.15, 0.2) is 46.3 Å². The van der Waals surface area contributed by atoms with E-state index in [2.05, 4.69) is 20.3 Å². The van der Waals surface area contributed by atoms with E-state index in [0.29, 0.717) is 29.8 Å². The molecule has 0 saturated carbocycles. The first-order valence-corrected chi connectivity index (χ1v) is 8.39. The van der Waals surface area contributed by atoms with Crippen molar-refractivity contribution in [3.63, 3.8) is 0 Å². The van der Waals surface area contributed by atoms with Crippen LogP contribution in [0.4, 0.5) is 0 Å². The van der Waals surface area contributed by atoms with Crippen LogP contribution in [-0.2, 0) is 23.8 Å². The zero-order valence-electron chi connectivity index (χ0n) is 12.0. The molecule has 2 heterocycles. The molecule has 1 atom stereocenters. The summed E-state index contributed by atoms with van der Waals surface area (Å²) in [7, 11) is -1.14. The molecule has 3 aromatic rings. The van der Waals surface area contributed by atoms with E-state index in [9.17, 15) is 4.21 Å². The minimum Gasteiger partial charge on any atom is -0.339 e. The van der Waals surface area contributed by atoms with Gasteiger partial charge in [0.1, 0.15) is 6.33 Å². The minimum absolute atomic E-state index is 0.482. The van der Waals surface area contributed by atoms with Crippen molar-refractivity contribution in [2.45, 2.75) is 24.5 Å². The molecule has 22 heavy (non-hydrogen) atoms. The lowest BCUT2D eigenvalue weighted by molar-refractivity contribution is 0.372. The monoisotopic (exact) mass is 317 g/mol. The molecule has 0 aliphatic heterocycles. The minimum atomic E-state index is -1.14. The fourth-order valence-corrected chi connectivity index (χ4v) is 2.71. The maximum Gasteiger partial charge on any atom is 0.227 e. The molecule has 0 unspecified atom stereocenters. The summed E-state index contributed by atoms with van der Waals surface area (Å²) in [6.07, 6.45) is 4.59. The highest BCUT2D eigenvalue weighted by Gasteiger charge is 2.10. The number of nitrogens with zero attached hydrogens (tertiary/aromatic N) is 5. The molecule has 0 fully saturated rings. The van der Waals surface area contributed by atoms with Gasteiger partial charge in [0.25, 0.3) is 0 Å². The zero-order chi connectivity index (χ0) is 15.4. The van der Waals surface area contributed by atoms with Crippen LogP contribution in [-0.4, -0.2) is 35.4 Å². The van der Waals surface area contributed by atoms with Crippen LogP contribution >= 0.6 is 0 Å². The number of hydrogen-bond donors (Lipinski definition) is 0. The van der Waals surface area contributed by atoms with E-state index in [0.717, 1.165) is 12.0 Å². The highest BCUT2D eigenvalue weighted by molar-refractivity contribution is 7.84. The van der Waals surface area contributed by atoms with Gasteiger partial charge in [-0.15, -0.1) is 10.2 Å². The third-order valence-corrected chi connectivity index (χ3v) is 3.96. The van der Waals surface area contributed by atoms with Gasteiger partial charge in [-0.1, -0.05) is 35.5 Å². The van der Waals surface area contributed by atoms with Gasteiger partial charge in [0.2, 0.25) is 16.9 Å². The van der Waals surface area contributed by atoms with Gasteiger partial charge < -0.3 is 9.09 Å². The fraction of sp³-hybridized carbons (Fsp3) is 0.286. The Bertz CT molecular complexity index is 768. The van der Waals surface area contributed by atoms with E-state index >= 15 is 0 Å². The smallest absolute Gasteiger partial charge is 0.227 e. The van der Waals surface area contributed by atoms with Crippen LogP contribution in [0.5, 0.6) is 0 Å². The van der Waals surface area contributed by atoms with Gasteiger partial charge in [0.05, 0.1) is 10.8 Å². The standard InChI is InChI=1S/C14H15N5O2S/c1-22(20)14-17-15-10-19(14)9-5-8-12-16-13(18-21-12)11-6-3-2-4-7-11/h2-4,6-7,10H,5,8-9H2,1H3/t22-/m0/s1. The SMILES string of the molecule is C[S@](=O)c1nncn1CCCc1nc(-c2ccccc2)no1. The number of rotatable bonds is 6. The van der Waals surface area contributed by atoms with Crippen molar-refractivity contribution in [2.75, 3.05) is 6.26 Å². The van der Waals surface area contributed by atoms with E-state index in [1.165, 1.54) is 0 Å². The molecule has 0 amide bonds. The van der Waals surface area contributed by atoms with Gasteiger partial charge in [-0.25, -0.2) is 0 Å². The lowest BCUT2D eigenvalue weighted by Gasteiger charge is -2.02. The number of aryl methyl sites for hydroxylation is 2. The Balaban J connectivity index is 1.60. The van der Waals surface area contributed by atoms with E-state index in [1.807, 2.05) is 30.3 Å². The Hall–Kier alpha value is -2.35. The van der Waals surface area contributed by atoms with Gasteiger partial charge in [-0.05, 0) is 6.42 Å². The Morgan fingerprint density at radius 2 is 2.09 bits per heavy atom. The normalized spacial score (nSPS) is 12.4. The maximum absolute atomic E-state index is 11.5. The lowest BCUT2D eigenvalue weighted by Crippen LogP contribution is -2.05. The lowest BCUT2D eigenvalue weighted by atomic mass is 10.2. The molecule has 3 rings (SSSR count). The summed E-state index contributed by atoms with van der Waals surface area (Å²) in [5.74, 6) is 1.18. The molecule has 0 aliphatic carbocycles. The van der Waals surface area contributed by atoms with Gasteiger partial charge in [0.15, 0.2) is 0 Å². The Kier molecular flexibility index (Phi) is 4.38. The molecule has 0 bridgehead atoms. The number of aromatic nitrogens is 5. The average Bonchev–Trinajstić information content (AvgIpc) is 3.17. The Morgan fingerprint density at radius 3 is 2.86 bits per heavy atom. The number of hydrogen-bond acceptors (Lipinski definition) is 6. The van der Waals surface area contributed by atoms with Crippen molar-refractivity contribution >= 4 is 10.8 Å². The predicted molar refractivity (Wildman–Crippen MR) is 80.4 cm³/mol. The summed E-state index contributed by atoms with van der Waals surface area (Å²) in [5, 5.41) is 12.1. The van der Waals surface area contributed by atoms with Gasteiger partial charge >= 0.3 is 0 Å². The highest BCUT2D eigenvalue weighted by atomic mass is 32.2. The first-order chi connectivity index (χ1) is 10.7. The van der Waals surface area contributed by atoms with Crippen LogP contribution in [0.2, 0.25) is 0 Å². The number of benzene rings is 1. The summed E-state index contributed by atoms with van der Waals surface area (Å²) in [5.41, 5.74) is 0.931. The summed E-state index contributed by atoms with van der Waals surface area (Å²) in [6, 6.07) is 9.69. The summed E-state index contributed by atoms with van der Waals surface area (Å²) < 4.78 is 18.5. The molecule has 0 N–H and O–H groups in total. The fourth-order valence-electron chi connectivity index (χ4n) is 2.08. The molecule has 0 spiro atoms. The molecule has 8 heteroatoms. The molecule has 7 nitrogen and oxygen atoms in total. The van der Waals surface area contributed by atoms with Crippen molar-refractivity contribution < 1.29 is 8.73 Å². The van der Waals surface area contributed by atoms with Crippen molar-refractivity contribution in [3.05, 3.63) is 42.5 Å². The van der Waals surface area contributed by atoms with Gasteiger partial charge in [0, 0.05) is 24.8 Å². The Labute approximate surface area is 129 Å². The molecule has 0 saturated heterocycles. The highest BCUT2D eigenvalue weighted by Crippen LogP contribution is 2.15. The van der Waals surface area contributed by atoms with Gasteiger partial charge in [-0.3, -0.25) is 4.21 Å². The van der Waals surface area contributed by atoms with Crippen LogP contribution < -0.4 is 0 Å². The second-order valence-corrected chi connectivity index (χ2v) is 6.02. The van der Waals surface area contributed by atoms with Crippen molar-refractivity contribution in [1.29, 1.82) is 0 Å². The largest absolute Gasteiger partial charge is 0.339 e. The van der Waals surface area contributed by atoms with Gasteiger partial charge in [-0.2, -0.15) is 4.98 Å². The van der Waals surface area contributed by atoms with Crippen LogP contribution in [0.1, 0.15) is 12.3 Å². The zero-order valence-corrected chi connectivity index (χ0v) is 12.9. The molecule has 114 valence electrons. The van der Waals surface area contributed by atoms with Crippen molar-refractivity contribution in [1.82, 2.24) is 24.9 Å².